The molecule has 2 aromatic heterocycles. The average Bonchev–Trinajstić information content (AvgIpc) is 2.74. The Kier molecular flexibility index (Phi) is 2.14. The third-order valence-electron chi connectivity index (χ3n) is 1.79. The minimum Gasteiger partial charge on any atom is -0.467 e. The van der Waals surface area contributed by atoms with Gasteiger partial charge in [0.1, 0.15) is 11.9 Å². The van der Waals surface area contributed by atoms with Gasteiger partial charge in [0.05, 0.1) is 12.8 Å². The molecule has 4 nitrogen and oxygen atoms in total. The molecule has 1 N–H and O–H groups in total. The van der Waals surface area contributed by atoms with E-state index < -0.39 is 6.10 Å². The van der Waals surface area contributed by atoms with Gasteiger partial charge < -0.3 is 9.52 Å². The number of aromatic nitrogens is 2. The second kappa shape index (κ2) is 3.45. The first-order valence-electron chi connectivity index (χ1n) is 4.05. The third-order valence-corrected chi connectivity index (χ3v) is 1.79. The van der Waals surface area contributed by atoms with E-state index in [4.69, 9.17) is 4.42 Å². The Bertz CT molecular complexity index is 340. The van der Waals surface area contributed by atoms with Gasteiger partial charge in [-0.25, -0.2) is 0 Å². The Labute approximate surface area is 75.4 Å². The van der Waals surface area contributed by atoms with Gasteiger partial charge in [0, 0.05) is 12.4 Å². The molecule has 68 valence electrons. The molecule has 0 aliphatic carbocycles. The zero-order chi connectivity index (χ0) is 9.10. The normalized spacial score (nSPS) is 13.0. The van der Waals surface area contributed by atoms with Crippen LogP contribution in [0.4, 0.5) is 0 Å². The summed E-state index contributed by atoms with van der Waals surface area (Å²) in [6.07, 6.45) is 4.39. The van der Waals surface area contributed by atoms with Crippen LogP contribution in [-0.2, 0) is 6.54 Å². The topological polar surface area (TPSA) is 51.2 Å². The van der Waals surface area contributed by atoms with Crippen LogP contribution in [0.5, 0.6) is 0 Å². The molecule has 0 saturated carbocycles. The molecular weight excluding hydrogens is 168 g/mol. The van der Waals surface area contributed by atoms with Gasteiger partial charge in [-0.2, -0.15) is 5.10 Å². The molecular formula is C9H10N2O2. The van der Waals surface area contributed by atoms with E-state index >= 15 is 0 Å². The quantitative estimate of drug-likeness (QED) is 0.768. The SMILES string of the molecule is OC(Cn1cccn1)c1ccco1. The van der Waals surface area contributed by atoms with Crippen LogP contribution in [-0.4, -0.2) is 14.9 Å². The summed E-state index contributed by atoms with van der Waals surface area (Å²) < 4.78 is 6.71. The Morgan fingerprint density at radius 3 is 3.08 bits per heavy atom. The molecule has 1 atom stereocenters. The molecule has 0 bridgehead atoms. The highest BCUT2D eigenvalue weighted by atomic mass is 16.4. The molecule has 13 heavy (non-hydrogen) atoms. The number of rotatable bonds is 3. The lowest BCUT2D eigenvalue weighted by Gasteiger charge is -2.06. The number of aliphatic hydroxyl groups is 1. The van der Waals surface area contributed by atoms with Crippen molar-refractivity contribution in [2.24, 2.45) is 0 Å². The van der Waals surface area contributed by atoms with Crippen molar-refractivity contribution in [2.75, 3.05) is 0 Å². The van der Waals surface area contributed by atoms with Crippen molar-refractivity contribution >= 4 is 0 Å². The second-order valence-corrected chi connectivity index (χ2v) is 2.76. The Morgan fingerprint density at radius 2 is 2.46 bits per heavy atom. The summed E-state index contributed by atoms with van der Waals surface area (Å²) in [6.45, 7) is 0.417. The highest BCUT2D eigenvalue weighted by Gasteiger charge is 2.10. The summed E-state index contributed by atoms with van der Waals surface area (Å²) in [4.78, 5) is 0. The average molecular weight is 178 g/mol. The van der Waals surface area contributed by atoms with Crippen molar-refractivity contribution in [3.63, 3.8) is 0 Å². The van der Waals surface area contributed by atoms with E-state index in [0.717, 1.165) is 0 Å². The lowest BCUT2D eigenvalue weighted by Crippen LogP contribution is -2.08. The number of hydrogen-bond donors (Lipinski definition) is 1. The number of aliphatic hydroxyl groups excluding tert-OH is 1. The number of nitrogens with zero attached hydrogens (tertiary/aromatic N) is 2. The first kappa shape index (κ1) is 8.07. The maximum Gasteiger partial charge on any atom is 0.134 e. The van der Waals surface area contributed by atoms with Crippen molar-refractivity contribution in [2.45, 2.75) is 12.6 Å². The van der Waals surface area contributed by atoms with Crippen molar-refractivity contribution in [1.29, 1.82) is 0 Å². The zero-order valence-electron chi connectivity index (χ0n) is 7.00. The summed E-state index contributed by atoms with van der Waals surface area (Å²) in [6, 6.07) is 5.31. The van der Waals surface area contributed by atoms with Crippen molar-refractivity contribution in [3.05, 3.63) is 42.6 Å². The van der Waals surface area contributed by atoms with E-state index in [1.165, 1.54) is 0 Å². The molecule has 2 rings (SSSR count). The summed E-state index contributed by atoms with van der Waals surface area (Å²) >= 11 is 0. The van der Waals surface area contributed by atoms with E-state index in [9.17, 15) is 5.11 Å². The van der Waals surface area contributed by atoms with Gasteiger partial charge in [0.15, 0.2) is 0 Å². The van der Waals surface area contributed by atoms with Crippen molar-refractivity contribution in [1.82, 2.24) is 9.78 Å². The van der Waals surface area contributed by atoms with Crippen LogP contribution in [0, 0.1) is 0 Å². The molecule has 0 fully saturated rings. The monoisotopic (exact) mass is 178 g/mol. The standard InChI is InChI=1S/C9H10N2O2/c12-8(9-3-1-6-13-9)7-11-5-2-4-10-11/h1-6,8,12H,7H2. The van der Waals surface area contributed by atoms with E-state index in [1.807, 2.05) is 6.07 Å². The molecule has 2 aromatic rings. The fraction of sp³-hybridized carbons (Fsp3) is 0.222. The molecule has 0 spiro atoms. The first-order valence-corrected chi connectivity index (χ1v) is 4.05. The van der Waals surface area contributed by atoms with E-state index in [1.54, 1.807) is 35.5 Å². The van der Waals surface area contributed by atoms with Gasteiger partial charge in [-0.15, -0.1) is 0 Å². The molecule has 0 amide bonds. The fourth-order valence-corrected chi connectivity index (χ4v) is 1.16. The molecule has 0 aromatic carbocycles. The number of furan rings is 1. The van der Waals surface area contributed by atoms with Gasteiger partial charge in [0.25, 0.3) is 0 Å². The predicted octanol–water partition coefficient (Wildman–Crippen LogP) is 1.21. The van der Waals surface area contributed by atoms with Gasteiger partial charge in [-0.05, 0) is 18.2 Å². The summed E-state index contributed by atoms with van der Waals surface area (Å²) in [5.41, 5.74) is 0. The minimum absolute atomic E-state index is 0.417. The molecule has 2 heterocycles. The zero-order valence-corrected chi connectivity index (χ0v) is 7.00. The summed E-state index contributed by atoms with van der Waals surface area (Å²) in [7, 11) is 0. The van der Waals surface area contributed by atoms with Gasteiger partial charge in [0.2, 0.25) is 0 Å². The fourth-order valence-electron chi connectivity index (χ4n) is 1.16. The van der Waals surface area contributed by atoms with Gasteiger partial charge in [-0.1, -0.05) is 0 Å². The minimum atomic E-state index is -0.630. The van der Waals surface area contributed by atoms with Crippen molar-refractivity contribution in [3.8, 4) is 0 Å². The molecule has 0 aliphatic heterocycles. The summed E-state index contributed by atoms with van der Waals surface area (Å²) in [5, 5.41) is 13.6. The van der Waals surface area contributed by atoms with Crippen LogP contribution in [0.25, 0.3) is 0 Å². The van der Waals surface area contributed by atoms with E-state index in [2.05, 4.69) is 5.10 Å². The summed E-state index contributed by atoms with van der Waals surface area (Å²) in [5.74, 6) is 0.565. The smallest absolute Gasteiger partial charge is 0.134 e. The Balaban J connectivity index is 2.04. The predicted molar refractivity (Wildman–Crippen MR) is 45.9 cm³/mol. The molecule has 0 aliphatic rings. The van der Waals surface area contributed by atoms with Gasteiger partial charge >= 0.3 is 0 Å². The van der Waals surface area contributed by atoms with Crippen LogP contribution >= 0.6 is 0 Å². The third kappa shape index (κ3) is 1.78. The highest BCUT2D eigenvalue weighted by Crippen LogP contribution is 2.14. The lowest BCUT2D eigenvalue weighted by molar-refractivity contribution is 0.126. The molecule has 0 radical (unpaired) electrons. The molecule has 4 heteroatoms. The maximum atomic E-state index is 9.63. The number of hydrogen-bond acceptors (Lipinski definition) is 3. The Hall–Kier alpha value is -1.55. The Morgan fingerprint density at radius 1 is 1.54 bits per heavy atom. The first-order chi connectivity index (χ1) is 6.36. The maximum absolute atomic E-state index is 9.63. The second-order valence-electron chi connectivity index (χ2n) is 2.76. The molecule has 0 saturated heterocycles. The van der Waals surface area contributed by atoms with Crippen LogP contribution in [0.1, 0.15) is 11.9 Å². The largest absolute Gasteiger partial charge is 0.467 e. The molecule has 1 unspecified atom stereocenters. The van der Waals surface area contributed by atoms with Crippen LogP contribution < -0.4 is 0 Å². The highest BCUT2D eigenvalue weighted by molar-refractivity contribution is 5.01. The van der Waals surface area contributed by atoms with Crippen LogP contribution in [0.3, 0.4) is 0 Å². The van der Waals surface area contributed by atoms with Crippen molar-refractivity contribution < 1.29 is 9.52 Å². The van der Waals surface area contributed by atoms with E-state index in [0.29, 0.717) is 12.3 Å². The van der Waals surface area contributed by atoms with E-state index in [-0.39, 0.29) is 0 Å². The van der Waals surface area contributed by atoms with Crippen LogP contribution in [0.15, 0.2) is 41.3 Å². The van der Waals surface area contributed by atoms with Crippen LogP contribution in [0.2, 0.25) is 0 Å². The van der Waals surface area contributed by atoms with Gasteiger partial charge in [-0.3, -0.25) is 4.68 Å². The lowest BCUT2D eigenvalue weighted by atomic mass is 10.3.